The van der Waals surface area contributed by atoms with E-state index in [2.05, 4.69) is 98.2 Å². The minimum atomic E-state index is -2.69. The highest BCUT2D eigenvalue weighted by Crippen LogP contribution is 2.33. The SMILES string of the molecule is C[Si](C)(C)O[Si](C)(C)CCC[Si](C)(O[Si](C)(C)O[Si](C)(C)C)O[Si](C)(CCCOCC(O)O)O[Si](C)(C)C. The topological polar surface area (TPSA) is 95.8 Å². The Hall–Kier alpha value is 1.20. The Bertz CT molecular complexity index is 693. The molecule has 0 saturated carbocycles. The van der Waals surface area contributed by atoms with Crippen molar-refractivity contribution in [3.8, 4) is 0 Å². The highest BCUT2D eigenvalue weighted by atomic mass is 28.5. The van der Waals surface area contributed by atoms with E-state index in [0.717, 1.165) is 31.0 Å². The summed E-state index contributed by atoms with van der Waals surface area (Å²) < 4.78 is 39.6. The summed E-state index contributed by atoms with van der Waals surface area (Å²) in [5, 5.41) is 18.2. The first kappa shape index (κ1) is 39.2. The predicted octanol–water partition coefficient (Wildman–Crippen LogP) is 6.73. The lowest BCUT2D eigenvalue weighted by molar-refractivity contribution is -0.0945. The average molecular weight is 663 g/mol. The monoisotopic (exact) mass is 662 g/mol. The lowest BCUT2D eigenvalue weighted by Gasteiger charge is -2.44. The molecule has 0 heterocycles. The van der Waals surface area contributed by atoms with Crippen molar-refractivity contribution in [3.05, 3.63) is 0 Å². The molecule has 0 aliphatic heterocycles. The molecule has 0 fully saturated rings. The Balaban J connectivity index is 5.88. The van der Waals surface area contributed by atoms with Crippen LogP contribution in [-0.2, 0) is 25.3 Å². The fraction of sp³-hybridized carbons (Fsp3) is 1.00. The number of aliphatic hydroxyl groups is 2. The van der Waals surface area contributed by atoms with Crippen molar-refractivity contribution in [1.82, 2.24) is 0 Å². The molecule has 2 N–H and O–H groups in total. The van der Waals surface area contributed by atoms with Gasteiger partial charge in [0, 0.05) is 6.61 Å². The number of ether oxygens (including phenoxy) is 1. The molecule has 0 aliphatic carbocycles. The lowest BCUT2D eigenvalue weighted by atomic mass is 10.5. The average Bonchev–Trinajstić information content (AvgIpc) is 2.53. The first-order chi connectivity index (χ1) is 16.7. The molecular weight excluding hydrogens is 601 g/mol. The molecule has 0 amide bonds. The zero-order chi connectivity index (χ0) is 30.3. The van der Waals surface area contributed by atoms with E-state index in [1.807, 2.05) is 0 Å². The van der Waals surface area contributed by atoms with Gasteiger partial charge in [0.25, 0.3) is 0 Å². The van der Waals surface area contributed by atoms with Crippen molar-refractivity contribution in [1.29, 1.82) is 0 Å². The maximum absolute atomic E-state index is 9.08. The Morgan fingerprint density at radius 2 is 0.947 bits per heavy atom. The Labute approximate surface area is 242 Å². The summed E-state index contributed by atoms with van der Waals surface area (Å²) in [5.41, 5.74) is 0. The minimum Gasteiger partial charge on any atom is -0.456 e. The van der Waals surface area contributed by atoms with Crippen molar-refractivity contribution in [2.75, 3.05) is 13.2 Å². The van der Waals surface area contributed by atoms with Gasteiger partial charge in [-0.3, -0.25) is 0 Å². The van der Waals surface area contributed by atoms with Gasteiger partial charge in [0.15, 0.2) is 39.6 Å². The van der Waals surface area contributed by atoms with Gasteiger partial charge in [-0.25, -0.2) is 0 Å². The van der Waals surface area contributed by atoms with Crippen molar-refractivity contribution in [3.63, 3.8) is 0 Å². The van der Waals surface area contributed by atoms with Gasteiger partial charge in [-0.2, -0.15) is 0 Å². The second kappa shape index (κ2) is 15.1. The smallest absolute Gasteiger partial charge is 0.317 e. The molecule has 8 nitrogen and oxygen atoms in total. The molecule has 0 aromatic carbocycles. The van der Waals surface area contributed by atoms with Gasteiger partial charge < -0.3 is 35.5 Å². The van der Waals surface area contributed by atoms with E-state index in [9.17, 15) is 0 Å². The molecule has 2 unspecified atom stereocenters. The van der Waals surface area contributed by atoms with Crippen molar-refractivity contribution >= 4 is 59.0 Å². The van der Waals surface area contributed by atoms with Crippen LogP contribution in [0.25, 0.3) is 0 Å². The third kappa shape index (κ3) is 21.0. The number of aliphatic hydroxyl groups excluding tert-OH is 1. The minimum absolute atomic E-state index is 0.0867. The third-order valence-corrected chi connectivity index (χ3v) is 29.6. The van der Waals surface area contributed by atoms with Crippen LogP contribution in [0.2, 0.25) is 116 Å². The van der Waals surface area contributed by atoms with Crippen LogP contribution in [0.1, 0.15) is 12.8 Å². The zero-order valence-corrected chi connectivity index (χ0v) is 34.4. The molecule has 15 heteroatoms. The van der Waals surface area contributed by atoms with Crippen molar-refractivity contribution in [2.45, 2.75) is 135 Å². The van der Waals surface area contributed by atoms with Crippen LogP contribution in [-0.4, -0.2) is 88.7 Å². The fourth-order valence-corrected chi connectivity index (χ4v) is 37.2. The first-order valence-corrected chi connectivity index (χ1v) is 35.3. The van der Waals surface area contributed by atoms with Crippen LogP contribution in [0.3, 0.4) is 0 Å². The van der Waals surface area contributed by atoms with Gasteiger partial charge >= 0.3 is 25.7 Å². The Morgan fingerprint density at radius 1 is 0.500 bits per heavy atom. The number of rotatable bonds is 20. The second-order valence-corrected chi connectivity index (χ2v) is 43.9. The van der Waals surface area contributed by atoms with Crippen LogP contribution < -0.4 is 0 Å². The van der Waals surface area contributed by atoms with E-state index in [0.29, 0.717) is 6.61 Å². The van der Waals surface area contributed by atoms with E-state index < -0.39 is 65.2 Å². The first-order valence-electron chi connectivity index (χ1n) is 14.1. The predicted molar refractivity (Wildman–Crippen MR) is 176 cm³/mol. The highest BCUT2D eigenvalue weighted by molar-refractivity contribution is 6.91. The second-order valence-electron chi connectivity index (χ2n) is 14.8. The zero-order valence-electron chi connectivity index (χ0n) is 27.4. The molecule has 38 heavy (non-hydrogen) atoms. The highest BCUT2D eigenvalue weighted by Gasteiger charge is 2.49. The summed E-state index contributed by atoms with van der Waals surface area (Å²) >= 11 is 0. The summed E-state index contributed by atoms with van der Waals surface area (Å²) in [6, 6.07) is 2.73. The summed E-state index contributed by atoms with van der Waals surface area (Å²) in [5.74, 6) is 0. The largest absolute Gasteiger partial charge is 0.456 e. The molecule has 0 aromatic rings. The summed E-state index contributed by atoms with van der Waals surface area (Å²) in [7, 11) is -14.8. The molecule has 0 rings (SSSR count). The molecule has 230 valence electrons. The maximum atomic E-state index is 9.08. The van der Waals surface area contributed by atoms with E-state index in [4.69, 9.17) is 35.5 Å². The van der Waals surface area contributed by atoms with Gasteiger partial charge in [-0.15, -0.1) is 0 Å². The molecular formula is C23H62O8Si7. The van der Waals surface area contributed by atoms with E-state index in [1.165, 1.54) is 0 Å². The third-order valence-electron chi connectivity index (χ3n) is 5.15. The summed E-state index contributed by atoms with van der Waals surface area (Å²) in [4.78, 5) is 0. The van der Waals surface area contributed by atoms with Crippen LogP contribution in [0.5, 0.6) is 0 Å². The van der Waals surface area contributed by atoms with Crippen LogP contribution in [0, 0.1) is 0 Å². The van der Waals surface area contributed by atoms with Crippen LogP contribution in [0.4, 0.5) is 0 Å². The van der Waals surface area contributed by atoms with Gasteiger partial charge in [0.2, 0.25) is 0 Å². The van der Waals surface area contributed by atoms with E-state index in [1.54, 1.807) is 0 Å². The number of hydrogen-bond acceptors (Lipinski definition) is 8. The molecule has 0 saturated heterocycles. The van der Waals surface area contributed by atoms with E-state index >= 15 is 0 Å². The van der Waals surface area contributed by atoms with Crippen LogP contribution >= 0.6 is 0 Å². The molecule has 0 bridgehead atoms. The summed E-state index contributed by atoms with van der Waals surface area (Å²) in [6.45, 7) is 33.7. The lowest BCUT2D eigenvalue weighted by Crippen LogP contribution is -2.60. The van der Waals surface area contributed by atoms with E-state index in [-0.39, 0.29) is 6.61 Å². The summed E-state index contributed by atoms with van der Waals surface area (Å²) in [6.07, 6.45) is 0.299. The maximum Gasteiger partial charge on any atom is 0.317 e. The molecule has 0 aliphatic rings. The van der Waals surface area contributed by atoms with Gasteiger partial charge in [-0.1, -0.05) is 6.42 Å². The van der Waals surface area contributed by atoms with Crippen molar-refractivity contribution < 1.29 is 35.5 Å². The molecule has 0 radical (unpaired) electrons. The van der Waals surface area contributed by atoms with Crippen molar-refractivity contribution in [2.24, 2.45) is 0 Å². The number of hydrogen-bond donors (Lipinski definition) is 2. The van der Waals surface area contributed by atoms with Gasteiger partial charge in [-0.05, 0) is 123 Å². The normalized spacial score (nSPS) is 17.5. The van der Waals surface area contributed by atoms with Crippen LogP contribution in [0.15, 0.2) is 0 Å². The van der Waals surface area contributed by atoms with Gasteiger partial charge in [0.1, 0.15) is 0 Å². The Morgan fingerprint density at radius 3 is 1.39 bits per heavy atom. The fourth-order valence-electron chi connectivity index (χ4n) is 5.03. The molecule has 0 spiro atoms. The molecule has 2 atom stereocenters. The Kier molecular flexibility index (Phi) is 15.6. The van der Waals surface area contributed by atoms with Gasteiger partial charge in [0.05, 0.1) is 6.61 Å². The molecule has 0 aromatic heterocycles. The quantitative estimate of drug-likeness (QED) is 0.0842. The standard InChI is InChI=1S/C23H62O8Si7/c1-32(2,3)27-35(10,11)19-17-21-38(15,30-36(12,13)28-33(4,5)6)31-37(14,29-34(7,8)9)20-16-18-26-22-23(24)25/h23-25H,16-22H2,1-15H3.